The maximum Gasteiger partial charge on any atom is 0.234 e. The predicted octanol–water partition coefficient (Wildman–Crippen LogP) is 2.99. The van der Waals surface area contributed by atoms with E-state index in [4.69, 9.17) is 0 Å². The molecule has 0 saturated heterocycles. The van der Waals surface area contributed by atoms with Gasteiger partial charge in [-0.15, -0.1) is 0 Å². The molecule has 0 heterocycles. The number of rotatable bonds is 4. The second-order valence-electron chi connectivity index (χ2n) is 6.61. The van der Waals surface area contributed by atoms with Gasteiger partial charge in [-0.3, -0.25) is 4.79 Å². The molecule has 2 N–H and O–H groups in total. The molecule has 0 aromatic heterocycles. The third kappa shape index (κ3) is 5.52. The molecule has 2 atom stereocenters. The lowest BCUT2D eigenvalue weighted by Gasteiger charge is -2.27. The minimum atomic E-state index is 0.199. The van der Waals surface area contributed by atoms with Crippen LogP contribution in [0.4, 0.5) is 0 Å². The highest BCUT2D eigenvalue weighted by atomic mass is 16.1. The first-order chi connectivity index (χ1) is 9.24. The molecule has 2 saturated carbocycles. The van der Waals surface area contributed by atoms with Crippen molar-refractivity contribution in [3.8, 4) is 0 Å². The summed E-state index contributed by atoms with van der Waals surface area (Å²) in [6.07, 6.45) is 12.7. The highest BCUT2D eigenvalue weighted by molar-refractivity contribution is 5.78. The Morgan fingerprint density at radius 3 is 2.32 bits per heavy atom. The van der Waals surface area contributed by atoms with E-state index < -0.39 is 0 Å². The molecule has 2 aliphatic carbocycles. The summed E-state index contributed by atoms with van der Waals surface area (Å²) in [6.45, 7) is 2.83. The van der Waals surface area contributed by atoms with E-state index >= 15 is 0 Å². The van der Waals surface area contributed by atoms with Crippen molar-refractivity contribution in [2.45, 2.75) is 83.2 Å². The van der Waals surface area contributed by atoms with E-state index in [-0.39, 0.29) is 5.91 Å². The molecule has 0 radical (unpaired) electrons. The van der Waals surface area contributed by atoms with Gasteiger partial charge in [-0.25, -0.2) is 0 Å². The number of hydrogen-bond acceptors (Lipinski definition) is 2. The van der Waals surface area contributed by atoms with Gasteiger partial charge in [-0.2, -0.15) is 0 Å². The van der Waals surface area contributed by atoms with Crippen LogP contribution in [0.2, 0.25) is 0 Å². The second kappa shape index (κ2) is 7.88. The lowest BCUT2D eigenvalue weighted by molar-refractivity contribution is -0.121. The first-order valence-electron chi connectivity index (χ1n) is 8.27. The molecule has 2 aliphatic rings. The smallest absolute Gasteiger partial charge is 0.234 e. The van der Waals surface area contributed by atoms with Crippen LogP contribution in [-0.2, 0) is 4.79 Å². The molecule has 19 heavy (non-hydrogen) atoms. The molecule has 3 nitrogen and oxygen atoms in total. The zero-order valence-corrected chi connectivity index (χ0v) is 12.4. The summed E-state index contributed by atoms with van der Waals surface area (Å²) in [5, 5.41) is 6.65. The van der Waals surface area contributed by atoms with Crippen molar-refractivity contribution in [2.24, 2.45) is 5.92 Å². The first kappa shape index (κ1) is 14.8. The Morgan fingerprint density at radius 2 is 1.63 bits per heavy atom. The van der Waals surface area contributed by atoms with Gasteiger partial charge >= 0.3 is 0 Å². The van der Waals surface area contributed by atoms with Crippen LogP contribution in [0.25, 0.3) is 0 Å². The third-order valence-electron chi connectivity index (χ3n) is 4.71. The Balaban J connectivity index is 1.63. The molecule has 0 bridgehead atoms. The standard InChI is InChI=1S/C16H30N2O/c1-13-7-6-10-15(11-13)17-12-16(19)18-14-8-4-2-3-5-9-14/h13-15,17H,2-12H2,1H3,(H,18,19). The van der Waals surface area contributed by atoms with Crippen LogP contribution in [0.3, 0.4) is 0 Å². The van der Waals surface area contributed by atoms with Crippen LogP contribution in [0.15, 0.2) is 0 Å². The van der Waals surface area contributed by atoms with Crippen molar-refractivity contribution in [3.05, 3.63) is 0 Å². The average Bonchev–Trinajstić information content (AvgIpc) is 2.65. The first-order valence-corrected chi connectivity index (χ1v) is 8.27. The van der Waals surface area contributed by atoms with E-state index in [1.165, 1.54) is 64.2 Å². The second-order valence-corrected chi connectivity index (χ2v) is 6.61. The van der Waals surface area contributed by atoms with Crippen LogP contribution >= 0.6 is 0 Å². The molecule has 3 heteroatoms. The monoisotopic (exact) mass is 266 g/mol. The van der Waals surface area contributed by atoms with Crippen molar-refractivity contribution in [1.82, 2.24) is 10.6 Å². The molecule has 0 spiro atoms. The number of hydrogen-bond donors (Lipinski definition) is 2. The maximum absolute atomic E-state index is 12.0. The van der Waals surface area contributed by atoms with Crippen molar-refractivity contribution in [2.75, 3.05) is 6.54 Å². The highest BCUT2D eigenvalue weighted by Crippen LogP contribution is 2.23. The minimum absolute atomic E-state index is 0.199. The quantitative estimate of drug-likeness (QED) is 0.768. The van der Waals surface area contributed by atoms with Gasteiger partial charge in [0.15, 0.2) is 0 Å². The number of carbonyl (C=O) groups is 1. The fourth-order valence-corrected chi connectivity index (χ4v) is 3.56. The van der Waals surface area contributed by atoms with E-state index in [0.29, 0.717) is 18.6 Å². The Kier molecular flexibility index (Phi) is 6.15. The van der Waals surface area contributed by atoms with E-state index in [1.807, 2.05) is 0 Å². The average molecular weight is 266 g/mol. The fourth-order valence-electron chi connectivity index (χ4n) is 3.56. The Morgan fingerprint density at radius 1 is 0.947 bits per heavy atom. The van der Waals surface area contributed by atoms with Gasteiger partial charge in [0.2, 0.25) is 5.91 Å². The zero-order chi connectivity index (χ0) is 13.5. The predicted molar refractivity (Wildman–Crippen MR) is 79.1 cm³/mol. The van der Waals surface area contributed by atoms with Crippen LogP contribution in [-0.4, -0.2) is 24.5 Å². The summed E-state index contributed by atoms with van der Waals surface area (Å²) in [6, 6.07) is 0.991. The Bertz CT molecular complexity index is 272. The molecular weight excluding hydrogens is 236 g/mol. The van der Waals surface area contributed by atoms with Gasteiger partial charge in [0.1, 0.15) is 0 Å². The minimum Gasteiger partial charge on any atom is -0.352 e. The summed E-state index contributed by atoms with van der Waals surface area (Å²) in [5.41, 5.74) is 0. The lowest BCUT2D eigenvalue weighted by Crippen LogP contribution is -2.44. The van der Waals surface area contributed by atoms with Crippen LogP contribution in [0, 0.1) is 5.92 Å². The highest BCUT2D eigenvalue weighted by Gasteiger charge is 2.20. The molecule has 0 aromatic rings. The zero-order valence-electron chi connectivity index (χ0n) is 12.4. The van der Waals surface area contributed by atoms with Crippen LogP contribution < -0.4 is 10.6 Å². The largest absolute Gasteiger partial charge is 0.352 e. The number of nitrogens with one attached hydrogen (secondary N) is 2. The Hall–Kier alpha value is -0.570. The van der Waals surface area contributed by atoms with Crippen LogP contribution in [0.5, 0.6) is 0 Å². The number of amides is 1. The van der Waals surface area contributed by atoms with Crippen molar-refractivity contribution >= 4 is 5.91 Å². The van der Waals surface area contributed by atoms with E-state index in [9.17, 15) is 4.79 Å². The molecular formula is C16H30N2O. The van der Waals surface area contributed by atoms with Gasteiger partial charge in [0.25, 0.3) is 0 Å². The van der Waals surface area contributed by atoms with Crippen molar-refractivity contribution < 1.29 is 4.79 Å². The van der Waals surface area contributed by atoms with Crippen molar-refractivity contribution in [3.63, 3.8) is 0 Å². The summed E-state index contributed by atoms with van der Waals surface area (Å²) in [5.74, 6) is 1.02. The maximum atomic E-state index is 12.0. The summed E-state index contributed by atoms with van der Waals surface area (Å²) >= 11 is 0. The summed E-state index contributed by atoms with van der Waals surface area (Å²) in [7, 11) is 0. The molecule has 1 amide bonds. The fraction of sp³-hybridized carbons (Fsp3) is 0.938. The topological polar surface area (TPSA) is 41.1 Å². The van der Waals surface area contributed by atoms with Gasteiger partial charge < -0.3 is 10.6 Å². The molecule has 2 fully saturated rings. The van der Waals surface area contributed by atoms with E-state index in [0.717, 1.165) is 5.92 Å². The SMILES string of the molecule is CC1CCCC(NCC(=O)NC2CCCCCC2)C1. The molecule has 2 rings (SSSR count). The third-order valence-corrected chi connectivity index (χ3v) is 4.71. The summed E-state index contributed by atoms with van der Waals surface area (Å²) in [4.78, 5) is 12.0. The lowest BCUT2D eigenvalue weighted by atomic mass is 9.87. The molecule has 0 aliphatic heterocycles. The molecule has 2 unspecified atom stereocenters. The Labute approximate surface area is 117 Å². The van der Waals surface area contributed by atoms with Gasteiger partial charge in [0, 0.05) is 12.1 Å². The van der Waals surface area contributed by atoms with Crippen LogP contribution in [0.1, 0.15) is 71.1 Å². The summed E-state index contributed by atoms with van der Waals surface area (Å²) < 4.78 is 0. The molecule has 0 aromatic carbocycles. The van der Waals surface area contributed by atoms with E-state index in [2.05, 4.69) is 17.6 Å². The van der Waals surface area contributed by atoms with Gasteiger partial charge in [-0.1, -0.05) is 45.4 Å². The number of carbonyl (C=O) groups excluding carboxylic acids is 1. The van der Waals surface area contributed by atoms with Crippen molar-refractivity contribution in [1.29, 1.82) is 0 Å². The molecule has 110 valence electrons. The van der Waals surface area contributed by atoms with Gasteiger partial charge in [-0.05, 0) is 31.6 Å². The van der Waals surface area contributed by atoms with Gasteiger partial charge in [0.05, 0.1) is 6.54 Å². The normalized spacial score (nSPS) is 29.7. The van der Waals surface area contributed by atoms with E-state index in [1.54, 1.807) is 0 Å².